The number of hydrogen-bond donors (Lipinski definition) is 2. The van der Waals surface area contributed by atoms with Crippen LogP contribution < -0.4 is 15.3 Å². The number of aliphatic carboxylic acids is 1. The Labute approximate surface area is 219 Å². The van der Waals surface area contributed by atoms with Crippen molar-refractivity contribution in [1.82, 2.24) is 9.91 Å². The molecule has 2 unspecified atom stereocenters. The van der Waals surface area contributed by atoms with E-state index >= 15 is 0 Å². The fourth-order valence-corrected chi connectivity index (χ4v) is 3.72. The summed E-state index contributed by atoms with van der Waals surface area (Å²) in [6.07, 6.45) is -1.50. The van der Waals surface area contributed by atoms with Crippen molar-refractivity contribution in [2.24, 2.45) is 16.8 Å². The largest absolute Gasteiger partial charge is 0.481 e. The zero-order valence-electron chi connectivity index (χ0n) is 19.8. The smallest absolute Gasteiger partial charge is 0.352 e. The summed E-state index contributed by atoms with van der Waals surface area (Å²) in [5.41, 5.74) is -0.751. The number of amides is 1. The van der Waals surface area contributed by atoms with Crippen molar-refractivity contribution in [3.05, 3.63) is 79.8 Å². The highest BCUT2D eigenvalue weighted by Gasteiger charge is 2.43. The van der Waals surface area contributed by atoms with E-state index in [2.05, 4.69) is 20.9 Å². The first-order valence-electron chi connectivity index (χ1n) is 10.5. The van der Waals surface area contributed by atoms with Crippen LogP contribution in [-0.4, -0.2) is 58.0 Å². The van der Waals surface area contributed by atoms with E-state index in [9.17, 15) is 30.1 Å². The molecule has 13 nitrogen and oxygen atoms in total. The van der Waals surface area contributed by atoms with Gasteiger partial charge in [0, 0.05) is 24.1 Å². The summed E-state index contributed by atoms with van der Waals surface area (Å²) >= 11 is 3.23. The number of hydrazine groups is 1. The van der Waals surface area contributed by atoms with Gasteiger partial charge in [-0.2, -0.15) is 5.26 Å². The average molecular weight is 573 g/mol. The van der Waals surface area contributed by atoms with Crippen LogP contribution in [0.5, 0.6) is 11.5 Å². The van der Waals surface area contributed by atoms with Crippen molar-refractivity contribution in [2.45, 2.75) is 13.3 Å². The maximum Gasteiger partial charge on any atom is 0.352 e. The van der Waals surface area contributed by atoms with Gasteiger partial charge in [-0.05, 0) is 43.3 Å². The Morgan fingerprint density at radius 1 is 1.30 bits per heavy atom. The Morgan fingerprint density at radius 3 is 2.59 bits per heavy atom. The van der Waals surface area contributed by atoms with Crippen molar-refractivity contribution < 1.29 is 29.1 Å². The normalized spacial score (nSPS) is 15.8. The Balaban J connectivity index is 2.10. The number of nitriles is 1. The monoisotopic (exact) mass is 572 g/mol. The minimum Gasteiger partial charge on any atom is -0.481 e. The molecule has 2 atom stereocenters. The SMILES string of the molecule is CC(C(=O)O)C1=NC(Oc2cccc(C(=O)N(C)C)c2)N(N)C(Oc2cc(Br)cc(C#N)c2)=C1[N+](=O)[O-]. The number of carbonyl (C=O) groups excluding carboxylic acids is 1. The standard InChI is InChI=1S/C23H21BrN6O7/c1-12(22(32)33)18-19(30(34)35)21(36-17-8-13(11-25)7-15(24)10-17)29(26)23(27-18)37-16-6-4-5-14(9-16)20(31)28(2)3/h4-10,12,23H,26H2,1-3H3,(H,32,33). The predicted molar refractivity (Wildman–Crippen MR) is 133 cm³/mol. The van der Waals surface area contributed by atoms with Crippen molar-refractivity contribution in [3.63, 3.8) is 0 Å². The summed E-state index contributed by atoms with van der Waals surface area (Å²) in [4.78, 5) is 40.8. The van der Waals surface area contributed by atoms with E-state index in [1.54, 1.807) is 26.2 Å². The molecule has 0 aromatic heterocycles. The second-order valence-electron chi connectivity index (χ2n) is 7.95. The van der Waals surface area contributed by atoms with Crippen LogP contribution in [0.15, 0.2) is 63.5 Å². The van der Waals surface area contributed by atoms with E-state index in [0.29, 0.717) is 10.0 Å². The topological polar surface area (TPSA) is 185 Å². The van der Waals surface area contributed by atoms with Crippen molar-refractivity contribution in [3.8, 4) is 17.6 Å². The molecule has 0 aliphatic carbocycles. The van der Waals surface area contributed by atoms with Gasteiger partial charge < -0.3 is 19.5 Å². The number of hydrogen-bond acceptors (Lipinski definition) is 10. The van der Waals surface area contributed by atoms with E-state index in [1.165, 1.54) is 42.2 Å². The number of nitrogens with zero attached hydrogens (tertiary/aromatic N) is 5. The van der Waals surface area contributed by atoms with E-state index in [1.807, 2.05) is 6.07 Å². The summed E-state index contributed by atoms with van der Waals surface area (Å²) in [5, 5.41) is 31.6. The molecule has 1 aliphatic rings. The van der Waals surface area contributed by atoms with Gasteiger partial charge in [0.05, 0.1) is 16.6 Å². The number of carboxylic acids is 1. The number of aliphatic imine (C=N–C) groups is 1. The third-order valence-electron chi connectivity index (χ3n) is 5.07. The number of nitro groups is 1. The number of ether oxygens (including phenoxy) is 2. The van der Waals surface area contributed by atoms with Gasteiger partial charge in [0.25, 0.3) is 18.1 Å². The molecule has 0 radical (unpaired) electrons. The molecular weight excluding hydrogens is 552 g/mol. The zero-order valence-corrected chi connectivity index (χ0v) is 21.4. The lowest BCUT2D eigenvalue weighted by atomic mass is 10.0. The van der Waals surface area contributed by atoms with E-state index in [4.69, 9.17) is 15.3 Å². The van der Waals surface area contributed by atoms with Crippen molar-refractivity contribution in [2.75, 3.05) is 14.1 Å². The van der Waals surface area contributed by atoms with Crippen LogP contribution in [0.3, 0.4) is 0 Å². The Bertz CT molecular complexity index is 1370. The fraction of sp³-hybridized carbons (Fsp3) is 0.217. The Kier molecular flexibility index (Phi) is 8.11. The first-order chi connectivity index (χ1) is 17.4. The lowest BCUT2D eigenvalue weighted by molar-refractivity contribution is -0.420. The van der Waals surface area contributed by atoms with Gasteiger partial charge >= 0.3 is 11.7 Å². The fourth-order valence-electron chi connectivity index (χ4n) is 3.24. The molecule has 0 saturated heterocycles. The van der Waals surface area contributed by atoms with Gasteiger partial charge in [0.15, 0.2) is 0 Å². The highest BCUT2D eigenvalue weighted by Crippen LogP contribution is 2.30. The first-order valence-corrected chi connectivity index (χ1v) is 11.3. The maximum absolute atomic E-state index is 12.3. The van der Waals surface area contributed by atoms with Gasteiger partial charge in [-0.15, -0.1) is 0 Å². The van der Waals surface area contributed by atoms with Crippen LogP contribution in [0.4, 0.5) is 0 Å². The average Bonchev–Trinajstić information content (AvgIpc) is 2.84. The molecule has 1 aliphatic heterocycles. The van der Waals surface area contributed by atoms with Gasteiger partial charge in [0.2, 0.25) is 0 Å². The Hall–Kier alpha value is -4.48. The molecule has 1 heterocycles. The number of benzene rings is 2. The highest BCUT2D eigenvalue weighted by atomic mass is 79.9. The molecule has 37 heavy (non-hydrogen) atoms. The highest BCUT2D eigenvalue weighted by molar-refractivity contribution is 9.10. The van der Waals surface area contributed by atoms with E-state index in [-0.39, 0.29) is 23.0 Å². The number of rotatable bonds is 8. The van der Waals surface area contributed by atoms with Gasteiger partial charge in [0.1, 0.15) is 23.1 Å². The van der Waals surface area contributed by atoms with Crippen LogP contribution in [0.2, 0.25) is 0 Å². The molecule has 0 spiro atoms. The molecule has 2 aromatic carbocycles. The molecule has 3 rings (SSSR count). The van der Waals surface area contributed by atoms with Crippen LogP contribution in [-0.2, 0) is 4.79 Å². The number of carbonyl (C=O) groups is 2. The van der Waals surface area contributed by atoms with Crippen molar-refractivity contribution in [1.29, 1.82) is 5.26 Å². The number of halogens is 1. The number of nitrogens with two attached hydrogens (primary N) is 1. The van der Waals surface area contributed by atoms with Crippen LogP contribution >= 0.6 is 15.9 Å². The van der Waals surface area contributed by atoms with Crippen LogP contribution in [0, 0.1) is 27.4 Å². The molecule has 3 N–H and O–H groups in total. The van der Waals surface area contributed by atoms with Crippen LogP contribution in [0.1, 0.15) is 22.8 Å². The minimum absolute atomic E-state index is 0.0114. The molecular formula is C23H21BrN6O7. The summed E-state index contributed by atoms with van der Waals surface area (Å²) < 4.78 is 12.0. The first kappa shape index (κ1) is 27.1. The summed E-state index contributed by atoms with van der Waals surface area (Å²) in [5.74, 6) is 2.63. The number of carboxylic acid groups (broad SMARTS) is 1. The molecule has 0 saturated carbocycles. The van der Waals surface area contributed by atoms with Crippen molar-refractivity contribution >= 4 is 33.5 Å². The second-order valence-corrected chi connectivity index (χ2v) is 8.87. The predicted octanol–water partition coefficient (Wildman–Crippen LogP) is 2.56. The summed E-state index contributed by atoms with van der Waals surface area (Å²) in [6.45, 7) is 1.22. The third kappa shape index (κ3) is 6.02. The molecule has 1 amide bonds. The lowest BCUT2D eigenvalue weighted by Gasteiger charge is -2.31. The molecule has 14 heteroatoms. The quantitative estimate of drug-likeness (QED) is 0.270. The maximum atomic E-state index is 12.3. The zero-order chi connectivity index (χ0) is 27.4. The summed E-state index contributed by atoms with van der Waals surface area (Å²) in [7, 11) is 3.16. The van der Waals surface area contributed by atoms with Gasteiger partial charge in [-0.1, -0.05) is 22.0 Å². The lowest BCUT2D eigenvalue weighted by Crippen LogP contribution is -2.50. The van der Waals surface area contributed by atoms with Gasteiger partial charge in [-0.3, -0.25) is 19.7 Å². The minimum atomic E-state index is -1.50. The Morgan fingerprint density at radius 2 is 2.00 bits per heavy atom. The molecule has 2 aromatic rings. The third-order valence-corrected chi connectivity index (χ3v) is 5.53. The molecule has 192 valence electrons. The summed E-state index contributed by atoms with van der Waals surface area (Å²) in [6, 6.07) is 12.3. The second kappa shape index (κ2) is 11.1. The van der Waals surface area contributed by atoms with E-state index in [0.717, 1.165) is 5.01 Å². The van der Waals surface area contributed by atoms with Gasteiger partial charge in [-0.25, -0.2) is 15.8 Å². The molecule has 0 bridgehead atoms. The van der Waals surface area contributed by atoms with E-state index < -0.39 is 40.5 Å². The molecule has 0 fully saturated rings. The van der Waals surface area contributed by atoms with Crippen LogP contribution in [0.25, 0.3) is 0 Å². The number of allylic oxidation sites excluding steroid dienone is 1.